The highest BCUT2D eigenvalue weighted by Crippen LogP contribution is 2.25. The van der Waals surface area contributed by atoms with Crippen LogP contribution in [-0.4, -0.2) is 263 Å². The molecule has 588 valence electrons. The van der Waals surface area contributed by atoms with Crippen LogP contribution in [0.5, 0.6) is 0 Å². The molecular formula is C79H128N12O14. The number of amides is 12. The van der Waals surface area contributed by atoms with Gasteiger partial charge >= 0.3 is 0 Å². The van der Waals surface area contributed by atoms with Crippen LogP contribution in [0.25, 0.3) is 0 Å². The third-order valence-corrected chi connectivity index (χ3v) is 19.9. The quantitative estimate of drug-likeness (QED) is 0.109. The van der Waals surface area contributed by atoms with Crippen molar-refractivity contribution in [3.63, 3.8) is 0 Å². The lowest BCUT2D eigenvalue weighted by Crippen LogP contribution is -2.62. The van der Waals surface area contributed by atoms with Gasteiger partial charge in [-0.2, -0.15) is 0 Å². The molecule has 2 saturated heterocycles. The molecule has 4 rings (SSSR count). The highest BCUT2D eigenvalue weighted by molar-refractivity contribution is 6.00. The molecule has 0 spiro atoms. The van der Waals surface area contributed by atoms with Crippen LogP contribution in [0.1, 0.15) is 178 Å². The Hall–Kier alpha value is -8.00. The van der Waals surface area contributed by atoms with E-state index in [4.69, 9.17) is 4.74 Å². The maximum Gasteiger partial charge on any atom is 0.247 e. The van der Waals surface area contributed by atoms with Crippen molar-refractivity contribution in [1.29, 1.82) is 0 Å². The molecule has 0 aliphatic carbocycles. The van der Waals surface area contributed by atoms with Crippen molar-refractivity contribution in [3.8, 4) is 0 Å². The molecule has 10 atom stereocenters. The topological polar surface area (TPSA) is 308 Å². The first kappa shape index (κ1) is 89.4. The Balaban J connectivity index is 1.99. The Bertz CT molecular complexity index is 3190. The first-order valence-electron chi connectivity index (χ1n) is 37.9. The van der Waals surface area contributed by atoms with Crippen LogP contribution >= 0.6 is 0 Å². The van der Waals surface area contributed by atoms with Crippen molar-refractivity contribution in [2.45, 2.75) is 246 Å². The minimum atomic E-state index is -1.49. The molecule has 105 heavy (non-hydrogen) atoms. The molecule has 0 aromatic heterocycles. The van der Waals surface area contributed by atoms with Crippen LogP contribution in [0.15, 0.2) is 60.7 Å². The molecule has 0 bridgehead atoms. The Labute approximate surface area is 625 Å². The predicted octanol–water partition coefficient (Wildman–Crippen LogP) is 5.46. The highest BCUT2D eigenvalue weighted by atomic mass is 16.5. The molecule has 2 aliphatic rings. The van der Waals surface area contributed by atoms with E-state index in [1.807, 2.05) is 47.6 Å². The van der Waals surface area contributed by atoms with Gasteiger partial charge in [0.2, 0.25) is 70.9 Å². The van der Waals surface area contributed by atoms with Gasteiger partial charge in [0.05, 0.1) is 18.6 Å². The molecule has 2 fully saturated rings. The van der Waals surface area contributed by atoms with E-state index in [1.54, 1.807) is 108 Å². The Morgan fingerprint density at radius 1 is 0.476 bits per heavy atom. The zero-order valence-electron chi connectivity index (χ0n) is 66.7. The van der Waals surface area contributed by atoms with Crippen molar-refractivity contribution in [3.05, 3.63) is 71.8 Å². The normalized spacial score (nSPS) is 24.6. The number of nitrogens with zero attached hydrogens (tertiary/aromatic N) is 8. The second-order valence-electron chi connectivity index (χ2n) is 31.9. The zero-order valence-corrected chi connectivity index (χ0v) is 66.7. The number of nitrogens with one attached hydrogen (secondary N) is 4. The van der Waals surface area contributed by atoms with Gasteiger partial charge in [-0.25, -0.2) is 0 Å². The van der Waals surface area contributed by atoms with E-state index in [0.717, 1.165) is 19.3 Å². The lowest BCUT2D eigenvalue weighted by atomic mass is 9.96. The van der Waals surface area contributed by atoms with E-state index in [-0.39, 0.29) is 95.1 Å². The smallest absolute Gasteiger partial charge is 0.247 e. The van der Waals surface area contributed by atoms with Gasteiger partial charge in [0.25, 0.3) is 0 Å². The molecule has 2 aromatic carbocycles. The maximum absolute atomic E-state index is 15.7. The summed E-state index contributed by atoms with van der Waals surface area (Å²) in [5.41, 5.74) is 0.447. The molecule has 0 saturated carbocycles. The third kappa shape index (κ3) is 27.1. The van der Waals surface area contributed by atoms with Gasteiger partial charge in [-0.1, -0.05) is 130 Å². The number of benzene rings is 2. The number of aliphatic hydroxyl groups is 1. The van der Waals surface area contributed by atoms with E-state index >= 15 is 38.4 Å². The first-order valence-corrected chi connectivity index (χ1v) is 37.9. The average Bonchev–Trinajstić information content (AvgIpc) is 0.809. The van der Waals surface area contributed by atoms with E-state index in [0.29, 0.717) is 24.2 Å². The van der Waals surface area contributed by atoms with Crippen molar-refractivity contribution < 1.29 is 67.4 Å². The Kier molecular flexibility index (Phi) is 36.1. The molecule has 2 aliphatic heterocycles. The number of carbonyl (C=O) groups excluding carboxylic acids is 12. The average molecular weight is 1470 g/mol. The minimum absolute atomic E-state index is 0.00501. The number of aliphatic hydroxyl groups excluding tert-OH is 1. The molecular weight excluding hydrogens is 1340 g/mol. The Morgan fingerprint density at radius 2 is 0.924 bits per heavy atom. The molecule has 0 radical (unpaired) electrons. The monoisotopic (exact) mass is 1470 g/mol. The van der Waals surface area contributed by atoms with Crippen LogP contribution in [0.4, 0.5) is 0 Å². The van der Waals surface area contributed by atoms with Gasteiger partial charge in [-0.3, -0.25) is 57.5 Å². The zero-order chi connectivity index (χ0) is 78.9. The van der Waals surface area contributed by atoms with Gasteiger partial charge in [-0.15, -0.1) is 0 Å². The second kappa shape index (κ2) is 42.4. The maximum atomic E-state index is 15.7. The number of hydrogen-bond acceptors (Lipinski definition) is 14. The summed E-state index contributed by atoms with van der Waals surface area (Å²) in [6.45, 7) is 23.8. The van der Waals surface area contributed by atoms with Gasteiger partial charge in [0, 0.05) is 94.8 Å². The van der Waals surface area contributed by atoms with Gasteiger partial charge in [0.1, 0.15) is 60.4 Å². The SMILES string of the molecule is CC(C)C[C@H]1C(=O)N[C@@H](CCCCO)C(=O)N(C)[C@@H](CC(C)C)C(=O)N(C)[C@@H](CC(C)C)C(=O)N[C@H](C(=O)N2CCCCC2)CC(=O)N(C)CCCC(=O)N(C)[C@@H](C(C)C)C(=O)N[C@@H](C(C)C)C(=O)N(C)[C@@H](Cc2ccccc2)C(=O)N(C)[C@@H](Cc2ccccc2)C(=O)N[C@@H](COC(C)(C)C)C(=O)N1C. The molecule has 2 aromatic rings. The van der Waals surface area contributed by atoms with E-state index < -0.39 is 162 Å². The van der Waals surface area contributed by atoms with Crippen LogP contribution < -0.4 is 21.3 Å². The minimum Gasteiger partial charge on any atom is -0.396 e. The highest BCUT2D eigenvalue weighted by Gasteiger charge is 2.44. The summed E-state index contributed by atoms with van der Waals surface area (Å²) in [4.78, 5) is 192. The molecule has 2 heterocycles. The van der Waals surface area contributed by atoms with Crippen LogP contribution in [0.3, 0.4) is 0 Å². The van der Waals surface area contributed by atoms with Crippen molar-refractivity contribution in [2.24, 2.45) is 29.6 Å². The fraction of sp³-hybridized carbons (Fsp3) is 0.696. The van der Waals surface area contributed by atoms with Crippen molar-refractivity contribution >= 4 is 70.9 Å². The summed E-state index contributed by atoms with van der Waals surface area (Å²) in [7, 11) is 10.3. The summed E-state index contributed by atoms with van der Waals surface area (Å²) in [5, 5.41) is 21.7. The lowest BCUT2D eigenvalue weighted by Gasteiger charge is -2.38. The van der Waals surface area contributed by atoms with Crippen molar-refractivity contribution in [2.75, 3.05) is 82.2 Å². The molecule has 0 unspecified atom stereocenters. The molecule has 5 N–H and O–H groups in total. The number of hydrogen-bond donors (Lipinski definition) is 5. The number of likely N-dealkylation sites (N-methyl/N-ethyl adjacent to an activating group) is 6. The predicted molar refractivity (Wildman–Crippen MR) is 404 cm³/mol. The molecule has 26 nitrogen and oxygen atoms in total. The van der Waals surface area contributed by atoms with Crippen molar-refractivity contribution in [1.82, 2.24) is 60.5 Å². The number of likely N-dealkylation sites (tertiary alicyclic amines) is 1. The van der Waals surface area contributed by atoms with Crippen LogP contribution in [0.2, 0.25) is 0 Å². The fourth-order valence-corrected chi connectivity index (χ4v) is 13.6. The van der Waals surface area contributed by atoms with Gasteiger partial charge in [0.15, 0.2) is 0 Å². The summed E-state index contributed by atoms with van der Waals surface area (Å²) in [6.07, 6.45) is 2.60. The standard InChI is InChI=1S/C79H128N12O14/c1-50(2)43-60-69(95)80-57(37-28-31-42-92)73(99)88(18)63(45-52(5)6)76(102)86(16)61(44-51(3)4)70(96)81-58(75(101)91-40-29-23-30-41-91)48-66(94)84(14)39-32-38-65(93)90(20)68(54(9)10)72(98)83-67(53(7)8)78(104)89(19)64(47-56-35-26-22-27-36-56)77(103)87(17)62(46-55-33-24-21-25-34-55)71(97)82-59(74(100)85(60)15)49-105-79(11,12)13/h21-22,24-27,33-36,50-54,57-64,67-68,92H,23,28-32,37-49H2,1-20H3,(H,80,95)(H,81,96)(H,82,97)(H,83,98)/t57-,58-,59-,60-,61-,62-,63-,64-,67-,68-/m0/s1. The molecule has 26 heteroatoms. The third-order valence-electron chi connectivity index (χ3n) is 19.9. The number of carbonyl (C=O) groups is 12. The number of ether oxygens (including phenoxy) is 1. The second-order valence-corrected chi connectivity index (χ2v) is 31.9. The van der Waals surface area contributed by atoms with Crippen LogP contribution in [-0.2, 0) is 75.1 Å². The summed E-state index contributed by atoms with van der Waals surface area (Å²) in [5.74, 6) is -9.21. The number of unbranched alkanes of at least 4 members (excludes halogenated alkanes) is 1. The summed E-state index contributed by atoms with van der Waals surface area (Å²) < 4.78 is 6.27. The fourth-order valence-electron chi connectivity index (χ4n) is 13.6. The van der Waals surface area contributed by atoms with Crippen LogP contribution in [0, 0.1) is 29.6 Å². The van der Waals surface area contributed by atoms with E-state index in [2.05, 4.69) is 21.3 Å². The van der Waals surface area contributed by atoms with E-state index in [1.165, 1.54) is 83.6 Å². The first-order chi connectivity index (χ1) is 49.2. The number of rotatable bonds is 19. The number of piperidine rings is 1. The summed E-state index contributed by atoms with van der Waals surface area (Å²) >= 11 is 0. The summed E-state index contributed by atoms with van der Waals surface area (Å²) in [6, 6.07) is 5.09. The van der Waals surface area contributed by atoms with Gasteiger partial charge in [-0.05, 0) is 126 Å². The Morgan fingerprint density at radius 3 is 1.43 bits per heavy atom. The molecule has 12 amide bonds. The largest absolute Gasteiger partial charge is 0.396 e. The lowest BCUT2D eigenvalue weighted by molar-refractivity contribution is -0.151. The van der Waals surface area contributed by atoms with E-state index in [9.17, 15) is 24.3 Å². The van der Waals surface area contributed by atoms with Gasteiger partial charge < -0.3 is 70.3 Å².